The van der Waals surface area contributed by atoms with E-state index in [0.29, 0.717) is 34.5 Å². The van der Waals surface area contributed by atoms with Gasteiger partial charge in [-0.2, -0.15) is 0 Å². The van der Waals surface area contributed by atoms with E-state index in [9.17, 15) is 9.59 Å². The zero-order chi connectivity index (χ0) is 19.5. The van der Waals surface area contributed by atoms with Crippen LogP contribution in [0.2, 0.25) is 0 Å². The first-order chi connectivity index (χ1) is 13.6. The Hall–Kier alpha value is -2.99. The van der Waals surface area contributed by atoms with Crippen molar-refractivity contribution in [2.75, 3.05) is 25.0 Å². The molecule has 2 heterocycles. The van der Waals surface area contributed by atoms with E-state index in [2.05, 4.69) is 27.1 Å². The van der Waals surface area contributed by atoms with E-state index in [-0.39, 0.29) is 11.5 Å². The Morgan fingerprint density at radius 3 is 2.68 bits per heavy atom. The van der Waals surface area contributed by atoms with Crippen LogP contribution in [0.1, 0.15) is 19.8 Å². The summed E-state index contributed by atoms with van der Waals surface area (Å²) < 4.78 is 0. The van der Waals surface area contributed by atoms with Crippen LogP contribution in [0, 0.1) is 5.92 Å². The first-order valence-corrected chi connectivity index (χ1v) is 9.71. The number of amides is 1. The molecule has 1 saturated heterocycles. The average molecular weight is 376 g/mol. The Kier molecular flexibility index (Phi) is 5.21. The quantitative estimate of drug-likeness (QED) is 0.733. The molecule has 0 saturated carbocycles. The molecule has 3 aromatic rings. The van der Waals surface area contributed by atoms with Crippen LogP contribution in [0.15, 0.2) is 53.3 Å². The fraction of sp³-hybridized carbons (Fsp3) is 0.318. The second-order valence-electron chi connectivity index (χ2n) is 7.48. The van der Waals surface area contributed by atoms with Crippen LogP contribution in [-0.2, 0) is 4.79 Å². The van der Waals surface area contributed by atoms with Crippen LogP contribution in [0.4, 0.5) is 5.69 Å². The van der Waals surface area contributed by atoms with E-state index in [1.165, 1.54) is 0 Å². The van der Waals surface area contributed by atoms with Crippen molar-refractivity contribution >= 4 is 22.6 Å². The van der Waals surface area contributed by atoms with Gasteiger partial charge in [0, 0.05) is 5.56 Å². The summed E-state index contributed by atoms with van der Waals surface area (Å²) in [5.41, 5.74) is 2.66. The van der Waals surface area contributed by atoms with Crippen molar-refractivity contribution in [1.29, 1.82) is 0 Å². The van der Waals surface area contributed by atoms with Crippen molar-refractivity contribution in [1.82, 2.24) is 14.9 Å². The van der Waals surface area contributed by atoms with Crippen molar-refractivity contribution in [3.8, 4) is 11.3 Å². The highest BCUT2D eigenvalue weighted by atomic mass is 16.2. The molecule has 0 aliphatic carbocycles. The fourth-order valence-corrected chi connectivity index (χ4v) is 3.62. The molecule has 0 spiro atoms. The van der Waals surface area contributed by atoms with E-state index in [0.717, 1.165) is 31.8 Å². The lowest BCUT2D eigenvalue weighted by Gasteiger charge is -2.29. The van der Waals surface area contributed by atoms with Gasteiger partial charge in [-0.25, -0.2) is 4.98 Å². The number of piperidine rings is 1. The number of hydrogen-bond acceptors (Lipinski definition) is 4. The highest BCUT2D eigenvalue weighted by molar-refractivity contribution is 5.96. The largest absolute Gasteiger partial charge is 0.324 e. The van der Waals surface area contributed by atoms with Gasteiger partial charge in [-0.3, -0.25) is 14.5 Å². The summed E-state index contributed by atoms with van der Waals surface area (Å²) in [6.07, 6.45) is 2.25. The lowest BCUT2D eigenvalue weighted by molar-refractivity contribution is -0.117. The average Bonchev–Trinajstić information content (AvgIpc) is 2.70. The standard InChI is InChI=1S/C22H24N4O2/c1-15-10-12-26(13-11-15)14-20(27)23-17-7-3-2-6-16(17)21-22(28)25-19-9-5-4-8-18(19)24-21/h2-9,15H,10-14H2,1H3,(H,23,27)(H,25,28). The predicted octanol–water partition coefficient (Wildman–Crippen LogP) is 3.26. The zero-order valence-electron chi connectivity index (χ0n) is 15.9. The molecule has 28 heavy (non-hydrogen) atoms. The Balaban J connectivity index is 1.58. The Labute approximate surface area is 163 Å². The number of likely N-dealkylation sites (tertiary alicyclic amines) is 1. The molecule has 144 valence electrons. The highest BCUT2D eigenvalue weighted by Gasteiger charge is 2.19. The number of aromatic nitrogens is 2. The maximum Gasteiger partial charge on any atom is 0.275 e. The van der Waals surface area contributed by atoms with Gasteiger partial charge in [0.1, 0.15) is 5.69 Å². The van der Waals surface area contributed by atoms with Crippen LogP contribution in [0.5, 0.6) is 0 Å². The molecule has 1 aliphatic heterocycles. The van der Waals surface area contributed by atoms with Gasteiger partial charge in [-0.1, -0.05) is 37.3 Å². The predicted molar refractivity (Wildman–Crippen MR) is 111 cm³/mol. The number of para-hydroxylation sites is 3. The summed E-state index contributed by atoms with van der Waals surface area (Å²) in [5, 5.41) is 2.97. The number of H-pyrrole nitrogens is 1. The van der Waals surface area contributed by atoms with E-state index < -0.39 is 0 Å². The smallest absolute Gasteiger partial charge is 0.275 e. The van der Waals surface area contributed by atoms with Crippen molar-refractivity contribution < 1.29 is 4.79 Å². The number of hydrogen-bond donors (Lipinski definition) is 2. The molecule has 6 heteroatoms. The molecular formula is C22H24N4O2. The monoisotopic (exact) mass is 376 g/mol. The Bertz CT molecular complexity index is 1050. The minimum atomic E-state index is -0.273. The third kappa shape index (κ3) is 3.97. The van der Waals surface area contributed by atoms with Crippen LogP contribution < -0.4 is 10.9 Å². The Morgan fingerprint density at radius 2 is 1.86 bits per heavy atom. The normalized spacial score (nSPS) is 15.6. The molecule has 0 unspecified atom stereocenters. The second kappa shape index (κ2) is 7.94. The third-order valence-corrected chi connectivity index (χ3v) is 5.30. The molecule has 1 fully saturated rings. The minimum absolute atomic E-state index is 0.0702. The number of fused-ring (bicyclic) bond motifs is 1. The number of carbonyl (C=O) groups excluding carboxylic acids is 1. The lowest BCUT2D eigenvalue weighted by Crippen LogP contribution is -2.38. The molecule has 0 atom stereocenters. The zero-order valence-corrected chi connectivity index (χ0v) is 15.9. The van der Waals surface area contributed by atoms with Crippen LogP contribution in [-0.4, -0.2) is 40.4 Å². The van der Waals surface area contributed by atoms with Gasteiger partial charge in [-0.05, 0) is 50.0 Å². The molecule has 1 aliphatic rings. The number of nitrogens with one attached hydrogen (secondary N) is 2. The Morgan fingerprint density at radius 1 is 1.14 bits per heavy atom. The van der Waals surface area contributed by atoms with Gasteiger partial charge in [0.25, 0.3) is 5.56 Å². The van der Waals surface area contributed by atoms with E-state index >= 15 is 0 Å². The van der Waals surface area contributed by atoms with Crippen molar-refractivity contribution in [3.63, 3.8) is 0 Å². The number of benzene rings is 2. The van der Waals surface area contributed by atoms with Crippen molar-refractivity contribution in [2.45, 2.75) is 19.8 Å². The summed E-state index contributed by atoms with van der Waals surface area (Å²) >= 11 is 0. The van der Waals surface area contributed by atoms with Crippen molar-refractivity contribution in [2.24, 2.45) is 5.92 Å². The molecule has 1 amide bonds. The van der Waals surface area contributed by atoms with Crippen molar-refractivity contribution in [3.05, 3.63) is 58.9 Å². The second-order valence-corrected chi connectivity index (χ2v) is 7.48. The molecule has 2 N–H and O–H groups in total. The number of anilines is 1. The summed E-state index contributed by atoms with van der Waals surface area (Å²) in [7, 11) is 0. The van der Waals surface area contributed by atoms with E-state index in [4.69, 9.17) is 0 Å². The third-order valence-electron chi connectivity index (χ3n) is 5.30. The number of nitrogens with zero attached hydrogens (tertiary/aromatic N) is 2. The maximum atomic E-state index is 12.6. The molecule has 0 bridgehead atoms. The van der Waals surface area contributed by atoms with E-state index in [1.54, 1.807) is 0 Å². The van der Waals surface area contributed by atoms with Gasteiger partial charge in [-0.15, -0.1) is 0 Å². The van der Waals surface area contributed by atoms with Crippen LogP contribution >= 0.6 is 0 Å². The molecule has 2 aromatic carbocycles. The summed E-state index contributed by atoms with van der Waals surface area (Å²) in [5.74, 6) is 0.657. The number of carbonyl (C=O) groups is 1. The fourth-order valence-electron chi connectivity index (χ4n) is 3.62. The molecule has 1 aromatic heterocycles. The number of aromatic amines is 1. The van der Waals surface area contributed by atoms with Gasteiger partial charge in [0.05, 0.1) is 23.3 Å². The first kappa shape index (κ1) is 18.4. The molecule has 0 radical (unpaired) electrons. The SMILES string of the molecule is CC1CCN(CC(=O)Nc2ccccc2-c2nc3ccccc3[nH]c2=O)CC1. The van der Waals surface area contributed by atoms with Gasteiger partial charge < -0.3 is 10.3 Å². The molecule has 6 nitrogen and oxygen atoms in total. The topological polar surface area (TPSA) is 78.1 Å². The number of rotatable bonds is 4. The highest BCUT2D eigenvalue weighted by Crippen LogP contribution is 2.25. The van der Waals surface area contributed by atoms with Crippen LogP contribution in [0.25, 0.3) is 22.3 Å². The van der Waals surface area contributed by atoms with Gasteiger partial charge in [0.2, 0.25) is 5.91 Å². The molecular weight excluding hydrogens is 352 g/mol. The summed E-state index contributed by atoms with van der Waals surface area (Å²) in [6, 6.07) is 14.7. The molecule has 4 rings (SSSR count). The summed E-state index contributed by atoms with van der Waals surface area (Å²) in [6.45, 7) is 4.51. The van der Waals surface area contributed by atoms with E-state index in [1.807, 2.05) is 48.5 Å². The lowest BCUT2D eigenvalue weighted by atomic mass is 9.99. The van der Waals surface area contributed by atoms with Crippen LogP contribution in [0.3, 0.4) is 0 Å². The van der Waals surface area contributed by atoms with Gasteiger partial charge >= 0.3 is 0 Å². The maximum absolute atomic E-state index is 12.6. The van der Waals surface area contributed by atoms with Gasteiger partial charge in [0.15, 0.2) is 0 Å². The first-order valence-electron chi connectivity index (χ1n) is 9.71. The summed E-state index contributed by atoms with van der Waals surface area (Å²) in [4.78, 5) is 34.7. The minimum Gasteiger partial charge on any atom is -0.324 e.